The predicted octanol–water partition coefficient (Wildman–Crippen LogP) is 5.41. The topological polar surface area (TPSA) is 52.0 Å². The van der Waals surface area contributed by atoms with E-state index >= 15 is 0 Å². The van der Waals surface area contributed by atoms with Crippen LogP contribution in [0.15, 0.2) is 46.5 Å². The highest BCUT2D eigenvalue weighted by Crippen LogP contribution is 2.39. The van der Waals surface area contributed by atoms with E-state index in [9.17, 15) is 8.78 Å². The van der Waals surface area contributed by atoms with Gasteiger partial charge in [0.25, 0.3) is 0 Å². The van der Waals surface area contributed by atoms with Crippen LogP contribution in [0.25, 0.3) is 5.70 Å². The highest BCUT2D eigenvalue weighted by molar-refractivity contribution is 9.11. The van der Waals surface area contributed by atoms with Gasteiger partial charge in [-0.25, -0.2) is 4.68 Å². The van der Waals surface area contributed by atoms with Crippen molar-refractivity contribution in [2.75, 3.05) is 5.32 Å². The molecule has 3 heterocycles. The molecule has 0 unspecified atom stereocenters. The molecule has 0 saturated heterocycles. The van der Waals surface area contributed by atoms with E-state index in [1.54, 1.807) is 10.7 Å². The Balaban J connectivity index is 1.84. The van der Waals surface area contributed by atoms with Gasteiger partial charge in [0.1, 0.15) is 18.1 Å². The van der Waals surface area contributed by atoms with E-state index in [2.05, 4.69) is 36.1 Å². The van der Waals surface area contributed by atoms with Crippen LogP contribution in [0.5, 0.6) is 5.75 Å². The molecule has 0 spiro atoms. The van der Waals surface area contributed by atoms with Crippen LogP contribution in [0.2, 0.25) is 5.02 Å². The first-order valence-electron chi connectivity index (χ1n) is 7.39. The van der Waals surface area contributed by atoms with Crippen LogP contribution in [-0.4, -0.2) is 21.4 Å². The molecule has 1 atom stereocenters. The maximum Gasteiger partial charge on any atom is 0.387 e. The number of alkyl halides is 2. The number of fused-ring (bicyclic) bond motifs is 1. The lowest BCUT2D eigenvalue weighted by Crippen LogP contribution is -2.21. The fourth-order valence-corrected chi connectivity index (χ4v) is 4.26. The SMILES string of the molecule is FC(F)Oc1ccc(Cl)cc1[C@@H]1C=C(c2ccc(Br)s2)Nc2ncnn21. The van der Waals surface area contributed by atoms with Gasteiger partial charge < -0.3 is 10.1 Å². The number of nitrogens with zero attached hydrogens (tertiary/aromatic N) is 3. The molecule has 0 radical (unpaired) electrons. The number of hydrogen-bond acceptors (Lipinski definition) is 5. The van der Waals surface area contributed by atoms with Crippen molar-refractivity contribution < 1.29 is 13.5 Å². The number of thiophene rings is 1. The van der Waals surface area contributed by atoms with Crippen molar-refractivity contribution in [1.29, 1.82) is 0 Å². The Morgan fingerprint density at radius 1 is 1.31 bits per heavy atom. The molecule has 5 nitrogen and oxygen atoms in total. The normalized spacial score (nSPS) is 16.2. The monoisotopic (exact) mass is 458 g/mol. The van der Waals surface area contributed by atoms with Gasteiger partial charge in [-0.05, 0) is 52.3 Å². The summed E-state index contributed by atoms with van der Waals surface area (Å²) in [4.78, 5) is 5.17. The van der Waals surface area contributed by atoms with E-state index in [1.165, 1.54) is 29.8 Å². The Hall–Kier alpha value is -1.97. The average Bonchev–Trinajstić information content (AvgIpc) is 3.23. The molecule has 10 heteroatoms. The van der Waals surface area contributed by atoms with Gasteiger partial charge in [0.05, 0.1) is 14.4 Å². The Bertz CT molecular complexity index is 990. The summed E-state index contributed by atoms with van der Waals surface area (Å²) in [5.74, 6) is 0.542. The van der Waals surface area contributed by atoms with E-state index in [4.69, 9.17) is 11.6 Å². The fraction of sp³-hybridized carbons (Fsp3) is 0.125. The van der Waals surface area contributed by atoms with Crippen molar-refractivity contribution in [3.8, 4) is 5.75 Å². The molecular weight excluding hydrogens is 450 g/mol. The molecule has 134 valence electrons. The third-order valence-corrected chi connectivity index (χ3v) is 5.64. The van der Waals surface area contributed by atoms with Gasteiger partial charge in [0.15, 0.2) is 0 Å². The summed E-state index contributed by atoms with van der Waals surface area (Å²) in [6, 6.07) is 7.91. The van der Waals surface area contributed by atoms with Crippen molar-refractivity contribution in [3.05, 3.63) is 62.0 Å². The molecule has 1 aliphatic heterocycles. The number of aromatic nitrogens is 3. The molecule has 3 aromatic rings. The van der Waals surface area contributed by atoms with Gasteiger partial charge >= 0.3 is 6.61 Å². The molecule has 0 fully saturated rings. The predicted molar refractivity (Wildman–Crippen MR) is 99.9 cm³/mol. The van der Waals surface area contributed by atoms with Crippen LogP contribution in [0.1, 0.15) is 16.5 Å². The first-order chi connectivity index (χ1) is 12.5. The van der Waals surface area contributed by atoms with Gasteiger partial charge in [-0.1, -0.05) is 11.6 Å². The second-order valence-electron chi connectivity index (χ2n) is 5.34. The molecule has 0 bridgehead atoms. The number of rotatable bonds is 4. The van der Waals surface area contributed by atoms with Gasteiger partial charge in [-0.15, -0.1) is 11.3 Å². The number of allylic oxidation sites excluding steroid dienone is 1. The quantitative estimate of drug-likeness (QED) is 0.566. The highest BCUT2D eigenvalue weighted by Gasteiger charge is 2.27. The molecule has 2 aromatic heterocycles. The maximum atomic E-state index is 12.8. The Kier molecular flexibility index (Phi) is 4.68. The second-order valence-corrected chi connectivity index (χ2v) is 8.24. The molecule has 0 amide bonds. The Labute approximate surface area is 164 Å². The van der Waals surface area contributed by atoms with Gasteiger partial charge in [-0.2, -0.15) is 18.9 Å². The van der Waals surface area contributed by atoms with Crippen molar-refractivity contribution in [3.63, 3.8) is 0 Å². The van der Waals surface area contributed by atoms with Crippen LogP contribution in [0.4, 0.5) is 14.7 Å². The van der Waals surface area contributed by atoms with E-state index in [1.807, 2.05) is 18.2 Å². The van der Waals surface area contributed by atoms with E-state index in [0.29, 0.717) is 16.5 Å². The molecule has 0 saturated carbocycles. The number of ether oxygens (including phenoxy) is 1. The van der Waals surface area contributed by atoms with E-state index in [-0.39, 0.29) is 5.75 Å². The standard InChI is InChI=1S/C16H10BrClF2N4OS/c17-14-4-3-13(26-14)10-6-11(24-16(23-10)21-7-22-24)9-5-8(18)1-2-12(9)25-15(19)20/h1-7,11,15H,(H,21,22,23)/t11-/m0/s1. The van der Waals surface area contributed by atoms with Crippen LogP contribution >= 0.6 is 38.9 Å². The third-order valence-electron chi connectivity index (χ3n) is 3.75. The van der Waals surface area contributed by atoms with Gasteiger partial charge in [0.2, 0.25) is 5.95 Å². The lowest BCUT2D eigenvalue weighted by atomic mass is 10.0. The van der Waals surface area contributed by atoms with E-state index in [0.717, 1.165) is 14.4 Å². The minimum absolute atomic E-state index is 0.0423. The first kappa shape index (κ1) is 17.4. The minimum Gasteiger partial charge on any atom is -0.434 e. The molecule has 1 N–H and O–H groups in total. The fourth-order valence-electron chi connectivity index (χ4n) is 2.71. The largest absolute Gasteiger partial charge is 0.434 e. The van der Waals surface area contributed by atoms with Crippen molar-refractivity contribution in [2.45, 2.75) is 12.7 Å². The van der Waals surface area contributed by atoms with Crippen LogP contribution in [-0.2, 0) is 0 Å². The summed E-state index contributed by atoms with van der Waals surface area (Å²) >= 11 is 11.1. The van der Waals surface area contributed by atoms with Crippen molar-refractivity contribution >= 4 is 50.5 Å². The highest BCUT2D eigenvalue weighted by atomic mass is 79.9. The smallest absolute Gasteiger partial charge is 0.387 e. The van der Waals surface area contributed by atoms with E-state index < -0.39 is 12.7 Å². The van der Waals surface area contributed by atoms with Gasteiger partial charge in [0, 0.05) is 10.6 Å². The molecule has 0 aliphatic carbocycles. The number of halogens is 4. The maximum absolute atomic E-state index is 12.8. The summed E-state index contributed by atoms with van der Waals surface area (Å²) < 4.78 is 32.9. The third kappa shape index (κ3) is 3.34. The first-order valence-corrected chi connectivity index (χ1v) is 9.38. The molecular formula is C16H10BrClF2N4OS. The summed E-state index contributed by atoms with van der Waals surface area (Å²) in [7, 11) is 0. The Morgan fingerprint density at radius 2 is 2.15 bits per heavy atom. The number of hydrogen-bond donors (Lipinski definition) is 1. The Morgan fingerprint density at radius 3 is 2.88 bits per heavy atom. The van der Waals surface area contributed by atoms with Gasteiger partial charge in [-0.3, -0.25) is 0 Å². The summed E-state index contributed by atoms with van der Waals surface area (Å²) in [6.45, 7) is -2.94. The summed E-state index contributed by atoms with van der Waals surface area (Å²) in [5, 5.41) is 7.82. The van der Waals surface area contributed by atoms with Crippen LogP contribution in [0.3, 0.4) is 0 Å². The van der Waals surface area contributed by atoms with Crippen molar-refractivity contribution in [1.82, 2.24) is 14.8 Å². The zero-order valence-electron chi connectivity index (χ0n) is 12.9. The zero-order valence-corrected chi connectivity index (χ0v) is 16.0. The summed E-state index contributed by atoms with van der Waals surface area (Å²) in [6.07, 6.45) is 3.28. The minimum atomic E-state index is -2.94. The van der Waals surface area contributed by atoms with Crippen molar-refractivity contribution in [2.24, 2.45) is 0 Å². The average molecular weight is 460 g/mol. The lowest BCUT2D eigenvalue weighted by molar-refractivity contribution is -0.0506. The second kappa shape index (κ2) is 6.98. The summed E-state index contributed by atoms with van der Waals surface area (Å²) in [5.41, 5.74) is 1.27. The number of anilines is 1. The molecule has 4 rings (SSSR count). The molecule has 1 aliphatic rings. The number of benzene rings is 1. The molecule has 1 aromatic carbocycles. The number of nitrogens with one attached hydrogen (secondary N) is 1. The zero-order chi connectivity index (χ0) is 18.3. The van der Waals surface area contributed by atoms with Crippen LogP contribution in [0, 0.1) is 0 Å². The molecule has 26 heavy (non-hydrogen) atoms. The van der Waals surface area contributed by atoms with Crippen LogP contribution < -0.4 is 10.1 Å². The lowest BCUT2D eigenvalue weighted by Gasteiger charge is -2.25.